The molecule has 2 amide bonds. The molecule has 0 bridgehead atoms. The Kier molecular flexibility index (Phi) is 5.42. The van der Waals surface area contributed by atoms with Crippen LogP contribution < -0.4 is 10.6 Å². The lowest BCUT2D eigenvalue weighted by Crippen LogP contribution is -2.20. The Morgan fingerprint density at radius 3 is 2.42 bits per heavy atom. The lowest BCUT2D eigenvalue weighted by Gasteiger charge is -2.10. The molecule has 0 aliphatic rings. The fourth-order valence-corrected chi connectivity index (χ4v) is 3.05. The van der Waals surface area contributed by atoms with Gasteiger partial charge in [-0.25, -0.2) is 4.79 Å². The third-order valence-corrected chi connectivity index (χ3v) is 4.83. The number of halogens is 1. The molecule has 0 saturated carbocycles. The summed E-state index contributed by atoms with van der Waals surface area (Å²) in [5.74, 6) is 0. The zero-order valence-corrected chi connectivity index (χ0v) is 16.6. The van der Waals surface area contributed by atoms with Crippen LogP contribution in [-0.4, -0.2) is 15.8 Å². The molecule has 2 N–H and O–H groups in total. The lowest BCUT2D eigenvalue weighted by molar-refractivity contribution is 0.262. The third-order valence-electron chi connectivity index (χ3n) is 4.30. The number of rotatable bonds is 4. The van der Waals surface area contributed by atoms with Crippen LogP contribution in [0.1, 0.15) is 22.5 Å². The summed E-state index contributed by atoms with van der Waals surface area (Å²) < 4.78 is 2.89. The Balaban J connectivity index is 1.74. The van der Waals surface area contributed by atoms with Gasteiger partial charge < -0.3 is 10.6 Å². The maximum atomic E-state index is 12.3. The zero-order chi connectivity index (χ0) is 18.7. The average molecular weight is 413 g/mol. The molecule has 0 radical (unpaired) electrons. The van der Waals surface area contributed by atoms with Crippen molar-refractivity contribution in [2.24, 2.45) is 0 Å². The fourth-order valence-electron chi connectivity index (χ4n) is 2.79. The molecule has 0 saturated heterocycles. The van der Waals surface area contributed by atoms with Crippen LogP contribution in [0.15, 0.2) is 53.0 Å². The fraction of sp³-hybridized carbons (Fsp3) is 0.200. The first-order chi connectivity index (χ1) is 12.4. The molecule has 5 nitrogen and oxygen atoms in total. The van der Waals surface area contributed by atoms with Gasteiger partial charge in [0.2, 0.25) is 0 Å². The van der Waals surface area contributed by atoms with Crippen LogP contribution in [-0.2, 0) is 6.54 Å². The Labute approximate surface area is 161 Å². The zero-order valence-electron chi connectivity index (χ0n) is 15.0. The van der Waals surface area contributed by atoms with Crippen molar-refractivity contribution in [3.8, 4) is 0 Å². The Bertz CT molecular complexity index is 931. The van der Waals surface area contributed by atoms with E-state index in [-0.39, 0.29) is 6.03 Å². The smallest absolute Gasteiger partial charge is 0.308 e. The maximum absolute atomic E-state index is 12.3. The van der Waals surface area contributed by atoms with Crippen molar-refractivity contribution in [2.75, 3.05) is 10.6 Å². The number of urea groups is 1. The van der Waals surface area contributed by atoms with E-state index in [1.165, 1.54) is 11.1 Å². The number of nitrogens with one attached hydrogen (secondary N) is 2. The highest BCUT2D eigenvalue weighted by molar-refractivity contribution is 9.10. The van der Waals surface area contributed by atoms with Gasteiger partial charge in [-0.15, -0.1) is 0 Å². The second-order valence-corrected chi connectivity index (χ2v) is 7.13. The van der Waals surface area contributed by atoms with Gasteiger partial charge in [-0.05, 0) is 56.2 Å². The molecule has 1 heterocycles. The molecule has 0 fully saturated rings. The second-order valence-electron chi connectivity index (χ2n) is 6.22. The van der Waals surface area contributed by atoms with Crippen LogP contribution in [0.5, 0.6) is 0 Å². The van der Waals surface area contributed by atoms with Crippen LogP contribution in [0.4, 0.5) is 16.2 Å². The number of aryl methyl sites for hydroxylation is 2. The number of amides is 2. The summed E-state index contributed by atoms with van der Waals surface area (Å²) in [5.41, 5.74) is 5.63. The number of hydrogen-bond acceptors (Lipinski definition) is 2. The molecule has 0 atom stereocenters. The standard InChI is InChI=1S/C20H21BrN4O/c1-13-6-4-5-7-16(13)12-25-15(3)19(14(2)24-25)23-20(26)22-18-10-8-17(21)9-11-18/h4-11H,12H2,1-3H3,(H2,22,23,26). The minimum Gasteiger partial charge on any atom is -0.308 e. The van der Waals surface area contributed by atoms with Crippen LogP contribution in [0.2, 0.25) is 0 Å². The number of aromatic nitrogens is 2. The van der Waals surface area contributed by atoms with Gasteiger partial charge in [-0.2, -0.15) is 5.10 Å². The largest absolute Gasteiger partial charge is 0.323 e. The average Bonchev–Trinajstić information content (AvgIpc) is 2.86. The monoisotopic (exact) mass is 412 g/mol. The highest BCUT2D eigenvalue weighted by Gasteiger charge is 2.15. The highest BCUT2D eigenvalue weighted by Crippen LogP contribution is 2.22. The Hall–Kier alpha value is -2.60. The van der Waals surface area contributed by atoms with Gasteiger partial charge in [0.25, 0.3) is 0 Å². The number of hydrogen-bond donors (Lipinski definition) is 2. The molecule has 134 valence electrons. The molecular weight excluding hydrogens is 392 g/mol. The van der Waals surface area contributed by atoms with E-state index in [0.29, 0.717) is 6.54 Å². The molecule has 2 aromatic carbocycles. The first-order valence-electron chi connectivity index (χ1n) is 8.36. The summed E-state index contributed by atoms with van der Waals surface area (Å²) in [7, 11) is 0. The topological polar surface area (TPSA) is 59.0 Å². The van der Waals surface area contributed by atoms with Gasteiger partial charge in [-0.1, -0.05) is 40.2 Å². The number of benzene rings is 2. The van der Waals surface area contributed by atoms with Gasteiger partial charge in [0.05, 0.1) is 23.6 Å². The molecular formula is C20H21BrN4O. The molecule has 26 heavy (non-hydrogen) atoms. The van der Waals surface area contributed by atoms with Gasteiger partial charge >= 0.3 is 6.03 Å². The summed E-state index contributed by atoms with van der Waals surface area (Å²) in [5, 5.41) is 10.3. The maximum Gasteiger partial charge on any atom is 0.323 e. The van der Waals surface area contributed by atoms with Crippen molar-refractivity contribution in [2.45, 2.75) is 27.3 Å². The number of carbonyl (C=O) groups excluding carboxylic acids is 1. The summed E-state index contributed by atoms with van der Waals surface area (Å²) in [6, 6.07) is 15.4. The van der Waals surface area contributed by atoms with E-state index < -0.39 is 0 Å². The van der Waals surface area contributed by atoms with Gasteiger partial charge in [0, 0.05) is 10.2 Å². The number of carbonyl (C=O) groups is 1. The molecule has 1 aromatic heterocycles. The number of anilines is 2. The summed E-state index contributed by atoms with van der Waals surface area (Å²) in [6.45, 7) is 6.63. The Morgan fingerprint density at radius 2 is 1.73 bits per heavy atom. The highest BCUT2D eigenvalue weighted by atomic mass is 79.9. The van der Waals surface area contributed by atoms with Gasteiger partial charge in [-0.3, -0.25) is 4.68 Å². The molecule has 0 unspecified atom stereocenters. The quantitative estimate of drug-likeness (QED) is 0.613. The minimum atomic E-state index is -0.283. The lowest BCUT2D eigenvalue weighted by atomic mass is 10.1. The van der Waals surface area contributed by atoms with E-state index in [4.69, 9.17) is 0 Å². The van der Waals surface area contributed by atoms with Crippen LogP contribution in [0.25, 0.3) is 0 Å². The minimum absolute atomic E-state index is 0.283. The predicted octanol–water partition coefficient (Wildman–Crippen LogP) is 5.26. The van der Waals surface area contributed by atoms with E-state index in [1.54, 1.807) is 0 Å². The third kappa shape index (κ3) is 4.14. The summed E-state index contributed by atoms with van der Waals surface area (Å²) in [4.78, 5) is 12.3. The van der Waals surface area contributed by atoms with Gasteiger partial charge in [0.15, 0.2) is 0 Å². The van der Waals surface area contributed by atoms with E-state index in [9.17, 15) is 4.79 Å². The predicted molar refractivity (Wildman–Crippen MR) is 109 cm³/mol. The van der Waals surface area contributed by atoms with Crippen molar-refractivity contribution in [1.29, 1.82) is 0 Å². The van der Waals surface area contributed by atoms with Crippen LogP contribution >= 0.6 is 15.9 Å². The van der Waals surface area contributed by atoms with Crippen molar-refractivity contribution in [3.05, 3.63) is 75.5 Å². The van der Waals surface area contributed by atoms with Crippen LogP contribution in [0.3, 0.4) is 0 Å². The van der Waals surface area contributed by atoms with E-state index in [1.807, 2.05) is 54.9 Å². The normalized spacial score (nSPS) is 10.6. The van der Waals surface area contributed by atoms with Crippen molar-refractivity contribution < 1.29 is 4.79 Å². The molecule has 0 spiro atoms. The first kappa shape index (κ1) is 18.2. The van der Waals surface area contributed by atoms with Crippen LogP contribution in [0, 0.1) is 20.8 Å². The first-order valence-corrected chi connectivity index (χ1v) is 9.15. The van der Waals surface area contributed by atoms with Gasteiger partial charge in [0.1, 0.15) is 0 Å². The van der Waals surface area contributed by atoms with E-state index in [0.717, 1.165) is 27.2 Å². The van der Waals surface area contributed by atoms with Crippen molar-refractivity contribution >= 4 is 33.3 Å². The molecule has 6 heteroatoms. The molecule has 0 aliphatic carbocycles. The molecule has 3 aromatic rings. The van der Waals surface area contributed by atoms with E-state index in [2.05, 4.69) is 50.7 Å². The molecule has 0 aliphatic heterocycles. The van der Waals surface area contributed by atoms with Crippen molar-refractivity contribution in [3.63, 3.8) is 0 Å². The summed E-state index contributed by atoms with van der Waals surface area (Å²) in [6.07, 6.45) is 0. The molecule has 3 rings (SSSR count). The number of nitrogens with zero attached hydrogens (tertiary/aromatic N) is 2. The van der Waals surface area contributed by atoms with Crippen molar-refractivity contribution in [1.82, 2.24) is 9.78 Å². The second kappa shape index (κ2) is 7.74. The SMILES string of the molecule is Cc1ccccc1Cn1nc(C)c(NC(=O)Nc2ccc(Br)cc2)c1C. The Morgan fingerprint density at radius 1 is 1.04 bits per heavy atom. The summed E-state index contributed by atoms with van der Waals surface area (Å²) >= 11 is 3.38. The van der Waals surface area contributed by atoms with E-state index >= 15 is 0 Å².